The Kier molecular flexibility index (Phi) is 5.77. The van der Waals surface area contributed by atoms with Crippen molar-refractivity contribution in [1.29, 1.82) is 5.26 Å². The van der Waals surface area contributed by atoms with Crippen LogP contribution in [0.2, 0.25) is 0 Å². The lowest BCUT2D eigenvalue weighted by atomic mass is 10.3. The highest BCUT2D eigenvalue weighted by molar-refractivity contribution is 7.87. The molecule has 8 heteroatoms. The van der Waals surface area contributed by atoms with Crippen LogP contribution in [-0.2, 0) is 14.9 Å². The number of nitriles is 1. The van der Waals surface area contributed by atoms with Gasteiger partial charge in [0.1, 0.15) is 0 Å². The maximum atomic E-state index is 11.5. The molecule has 0 heterocycles. The van der Waals surface area contributed by atoms with Crippen molar-refractivity contribution in [2.45, 2.75) is 26.3 Å². The number of carbonyl (C=O) groups is 1. The molecule has 0 bridgehead atoms. The zero-order valence-corrected chi connectivity index (χ0v) is 10.2. The number of nitrogens with zero attached hydrogens (tertiary/aromatic N) is 2. The second kappa shape index (κ2) is 6.30. The van der Waals surface area contributed by atoms with Gasteiger partial charge in [0.2, 0.25) is 0 Å². The number of rotatable bonds is 5. The highest BCUT2D eigenvalue weighted by Crippen LogP contribution is 2.05. The van der Waals surface area contributed by atoms with Gasteiger partial charge in [0, 0.05) is 13.1 Å². The van der Waals surface area contributed by atoms with E-state index in [0.717, 1.165) is 4.31 Å². The average Bonchev–Trinajstić information content (AvgIpc) is 2.16. The van der Waals surface area contributed by atoms with Crippen LogP contribution in [0.5, 0.6) is 0 Å². The summed E-state index contributed by atoms with van der Waals surface area (Å²) in [5.74, 6) is 0. The largest absolute Gasteiger partial charge is 0.449 e. The average molecular weight is 249 g/mol. The molecule has 1 N–H and O–H groups in total. The van der Waals surface area contributed by atoms with Crippen molar-refractivity contribution < 1.29 is 17.9 Å². The van der Waals surface area contributed by atoms with Gasteiger partial charge in [0.25, 0.3) is 0 Å². The Labute approximate surface area is 95.2 Å². The van der Waals surface area contributed by atoms with Gasteiger partial charge in [0.05, 0.1) is 19.1 Å². The first-order valence-electron chi connectivity index (χ1n) is 4.64. The molecule has 0 spiro atoms. The summed E-state index contributed by atoms with van der Waals surface area (Å²) < 4.78 is 30.2. The van der Waals surface area contributed by atoms with E-state index in [2.05, 4.69) is 4.74 Å². The summed E-state index contributed by atoms with van der Waals surface area (Å²) in [6.45, 7) is 3.21. The maximum absolute atomic E-state index is 11.5. The van der Waals surface area contributed by atoms with E-state index in [1.165, 1.54) is 7.05 Å². The number of hydrogen-bond donors (Lipinski definition) is 1. The normalized spacial score (nSPS) is 12.9. The van der Waals surface area contributed by atoms with Crippen molar-refractivity contribution in [3.05, 3.63) is 0 Å². The second-order valence-electron chi connectivity index (χ2n) is 3.06. The molecule has 1 amide bonds. The maximum Gasteiger partial charge on any atom is 0.421 e. The summed E-state index contributed by atoms with van der Waals surface area (Å²) in [7, 11) is -2.66. The number of nitrogens with one attached hydrogen (secondary N) is 1. The van der Waals surface area contributed by atoms with Crippen molar-refractivity contribution in [2.24, 2.45) is 0 Å². The van der Waals surface area contributed by atoms with Crippen LogP contribution in [0.25, 0.3) is 0 Å². The van der Waals surface area contributed by atoms with E-state index in [1.807, 2.05) is 6.07 Å². The Bertz CT molecular complexity index is 373. The quantitative estimate of drug-likeness (QED) is 0.750. The molecule has 0 radical (unpaired) electrons. The number of carbonyl (C=O) groups excluding carboxylic acids is 1. The van der Waals surface area contributed by atoms with Crippen LogP contribution in [0, 0.1) is 11.3 Å². The minimum absolute atomic E-state index is 0.0419. The monoisotopic (exact) mass is 249 g/mol. The molecule has 1 atom stereocenters. The Hall–Kier alpha value is -1.33. The molecule has 0 saturated carbocycles. The molecule has 0 rings (SSSR count). The summed E-state index contributed by atoms with van der Waals surface area (Å²) in [6.07, 6.45) is -0.987. The smallest absolute Gasteiger partial charge is 0.421 e. The molecule has 0 aromatic carbocycles. The molecular formula is C8H15N3O4S. The first-order valence-corrected chi connectivity index (χ1v) is 6.08. The fraction of sp³-hybridized carbons (Fsp3) is 0.750. The van der Waals surface area contributed by atoms with Crippen LogP contribution in [0.1, 0.15) is 20.3 Å². The molecule has 0 fully saturated rings. The van der Waals surface area contributed by atoms with Gasteiger partial charge in [-0.25, -0.2) is 9.52 Å². The SMILES string of the molecule is CCOC(=O)NS(=O)(=O)N(C)C(C)CC#N. The third kappa shape index (κ3) is 4.46. The molecular weight excluding hydrogens is 234 g/mol. The van der Waals surface area contributed by atoms with Crippen LogP contribution in [-0.4, -0.2) is 38.5 Å². The second-order valence-corrected chi connectivity index (χ2v) is 4.79. The van der Waals surface area contributed by atoms with Gasteiger partial charge >= 0.3 is 16.3 Å². The fourth-order valence-corrected chi connectivity index (χ4v) is 1.80. The van der Waals surface area contributed by atoms with Crippen molar-refractivity contribution in [1.82, 2.24) is 9.03 Å². The first-order chi connectivity index (χ1) is 7.35. The van der Waals surface area contributed by atoms with Gasteiger partial charge in [0.15, 0.2) is 0 Å². The Morgan fingerprint density at radius 2 is 2.19 bits per heavy atom. The molecule has 0 aromatic rings. The van der Waals surface area contributed by atoms with Crippen molar-refractivity contribution >= 4 is 16.3 Å². The fourth-order valence-electron chi connectivity index (χ4n) is 0.835. The lowest BCUT2D eigenvalue weighted by molar-refractivity contribution is 0.158. The molecule has 1 unspecified atom stereocenters. The van der Waals surface area contributed by atoms with Gasteiger partial charge in [-0.15, -0.1) is 0 Å². The van der Waals surface area contributed by atoms with E-state index in [-0.39, 0.29) is 13.0 Å². The van der Waals surface area contributed by atoms with E-state index in [0.29, 0.717) is 0 Å². The lowest BCUT2D eigenvalue weighted by Gasteiger charge is -2.21. The topological polar surface area (TPSA) is 99.5 Å². The molecule has 7 nitrogen and oxygen atoms in total. The van der Waals surface area contributed by atoms with Gasteiger partial charge in [-0.2, -0.15) is 18.0 Å². The molecule has 0 aliphatic heterocycles. The summed E-state index contributed by atoms with van der Waals surface area (Å²) in [6, 6.07) is 1.33. The van der Waals surface area contributed by atoms with Gasteiger partial charge in [-0.1, -0.05) is 0 Å². The van der Waals surface area contributed by atoms with Gasteiger partial charge < -0.3 is 4.74 Å². The third-order valence-electron chi connectivity index (χ3n) is 1.87. The van der Waals surface area contributed by atoms with E-state index in [4.69, 9.17) is 5.26 Å². The van der Waals surface area contributed by atoms with E-state index < -0.39 is 22.3 Å². The summed E-state index contributed by atoms with van der Waals surface area (Å²) >= 11 is 0. The zero-order valence-electron chi connectivity index (χ0n) is 9.43. The van der Waals surface area contributed by atoms with Crippen molar-refractivity contribution in [2.75, 3.05) is 13.7 Å². The summed E-state index contributed by atoms with van der Waals surface area (Å²) in [5.41, 5.74) is 0. The first kappa shape index (κ1) is 14.7. The number of amides is 1. The Morgan fingerprint density at radius 1 is 1.62 bits per heavy atom. The third-order valence-corrected chi connectivity index (χ3v) is 3.42. The van der Waals surface area contributed by atoms with Gasteiger partial charge in [-0.05, 0) is 13.8 Å². The minimum atomic E-state index is -3.95. The summed E-state index contributed by atoms with van der Waals surface area (Å²) in [4.78, 5) is 10.9. The lowest BCUT2D eigenvalue weighted by Crippen LogP contribution is -2.45. The summed E-state index contributed by atoms with van der Waals surface area (Å²) in [5, 5.41) is 8.43. The van der Waals surface area contributed by atoms with Crippen molar-refractivity contribution in [3.63, 3.8) is 0 Å². The van der Waals surface area contributed by atoms with Crippen LogP contribution in [0.3, 0.4) is 0 Å². The molecule has 16 heavy (non-hydrogen) atoms. The number of hydrogen-bond acceptors (Lipinski definition) is 5. The molecule has 0 saturated heterocycles. The van der Waals surface area contributed by atoms with E-state index in [1.54, 1.807) is 18.6 Å². The highest BCUT2D eigenvalue weighted by atomic mass is 32.2. The van der Waals surface area contributed by atoms with Crippen LogP contribution < -0.4 is 4.72 Å². The van der Waals surface area contributed by atoms with Gasteiger partial charge in [-0.3, -0.25) is 0 Å². The van der Waals surface area contributed by atoms with Crippen LogP contribution in [0.4, 0.5) is 4.79 Å². The molecule has 0 aliphatic carbocycles. The van der Waals surface area contributed by atoms with Crippen molar-refractivity contribution in [3.8, 4) is 6.07 Å². The zero-order chi connectivity index (χ0) is 12.8. The van der Waals surface area contributed by atoms with Crippen LogP contribution >= 0.6 is 0 Å². The number of ether oxygens (including phenoxy) is 1. The highest BCUT2D eigenvalue weighted by Gasteiger charge is 2.25. The predicted octanol–water partition coefficient (Wildman–Crippen LogP) is 0.211. The Balaban J connectivity index is 4.55. The standard InChI is InChI=1S/C8H15N3O4S/c1-4-15-8(12)10-16(13,14)11(3)7(2)5-6-9/h7H,4-5H2,1-3H3,(H,10,12). The Morgan fingerprint density at radius 3 is 2.62 bits per heavy atom. The molecule has 0 aliphatic rings. The molecule has 92 valence electrons. The van der Waals surface area contributed by atoms with E-state index in [9.17, 15) is 13.2 Å². The van der Waals surface area contributed by atoms with E-state index >= 15 is 0 Å². The van der Waals surface area contributed by atoms with Crippen LogP contribution in [0.15, 0.2) is 0 Å². The molecule has 0 aromatic heterocycles. The minimum Gasteiger partial charge on any atom is -0.449 e. The predicted molar refractivity (Wildman–Crippen MR) is 56.5 cm³/mol.